The summed E-state index contributed by atoms with van der Waals surface area (Å²) in [5.41, 5.74) is 0.933. The van der Waals surface area contributed by atoms with E-state index in [4.69, 9.17) is 5.11 Å². The predicted octanol–water partition coefficient (Wildman–Crippen LogP) is -0.605. The normalized spacial score (nSPS) is 14.6. The number of carbonyl (C=O) groups is 1. The third kappa shape index (κ3) is 2.33. The number of rotatable bonds is 4. The van der Waals surface area contributed by atoms with Crippen LogP contribution in [-0.2, 0) is 11.3 Å². The van der Waals surface area contributed by atoms with Crippen LogP contribution in [0.2, 0.25) is 0 Å². The molecule has 0 radical (unpaired) electrons. The van der Waals surface area contributed by atoms with Crippen molar-refractivity contribution < 1.29 is 20.1 Å². The van der Waals surface area contributed by atoms with Crippen molar-refractivity contribution in [2.75, 3.05) is 0 Å². The minimum atomic E-state index is -1.85. The molecule has 0 aliphatic heterocycles. The number of carboxylic acids is 1. The Bertz CT molecular complexity index is 587. The Hall–Kier alpha value is -1.58. The van der Waals surface area contributed by atoms with Gasteiger partial charge in [0.25, 0.3) is 0 Å². The van der Waals surface area contributed by atoms with Gasteiger partial charge < -0.3 is 19.9 Å². The van der Waals surface area contributed by atoms with Crippen LogP contribution < -0.4 is 0 Å². The van der Waals surface area contributed by atoms with Gasteiger partial charge in [-0.3, -0.25) is 0 Å². The van der Waals surface area contributed by atoms with Crippen LogP contribution in [0.4, 0.5) is 0 Å². The molecule has 0 aliphatic carbocycles. The van der Waals surface area contributed by atoms with E-state index < -0.39 is 18.2 Å². The van der Waals surface area contributed by atoms with Crippen molar-refractivity contribution in [2.45, 2.75) is 18.8 Å². The van der Waals surface area contributed by atoms with Gasteiger partial charge in [-0.25, -0.2) is 19.7 Å². The number of halogens is 1. The largest absolute Gasteiger partial charge is 0.479 e. The van der Waals surface area contributed by atoms with Crippen LogP contribution in [0.3, 0.4) is 0 Å². The average molecular weight is 317 g/mol. The van der Waals surface area contributed by atoms with Gasteiger partial charge in [0.2, 0.25) is 0 Å². The van der Waals surface area contributed by atoms with E-state index in [0.717, 1.165) is 0 Å². The number of nitrogens with zero attached hydrogens (tertiary/aromatic N) is 4. The van der Waals surface area contributed by atoms with Crippen molar-refractivity contribution in [3.63, 3.8) is 0 Å². The van der Waals surface area contributed by atoms with Crippen LogP contribution in [0.25, 0.3) is 11.2 Å². The third-order valence-electron chi connectivity index (χ3n) is 2.36. The molecule has 0 saturated carbocycles. The molecular formula is C9H9BrN4O4. The van der Waals surface area contributed by atoms with E-state index in [0.29, 0.717) is 15.8 Å². The van der Waals surface area contributed by atoms with Crippen molar-refractivity contribution in [1.82, 2.24) is 19.5 Å². The molecular weight excluding hydrogens is 308 g/mol. The molecule has 96 valence electrons. The SMILES string of the molecule is O=C(O)[C@H](O)[C@H](O)Cn1cnc2c(Br)ncnc21. The van der Waals surface area contributed by atoms with Crippen LogP contribution in [0.15, 0.2) is 17.3 Å². The molecule has 9 heteroatoms. The van der Waals surface area contributed by atoms with Crippen molar-refractivity contribution in [1.29, 1.82) is 0 Å². The summed E-state index contributed by atoms with van der Waals surface area (Å²) >= 11 is 3.20. The Morgan fingerprint density at radius 2 is 2.11 bits per heavy atom. The highest BCUT2D eigenvalue weighted by Crippen LogP contribution is 2.18. The minimum absolute atomic E-state index is 0.132. The molecule has 0 bridgehead atoms. The Morgan fingerprint density at radius 1 is 1.39 bits per heavy atom. The van der Waals surface area contributed by atoms with Crippen molar-refractivity contribution in [3.8, 4) is 0 Å². The lowest BCUT2D eigenvalue weighted by atomic mass is 10.2. The Morgan fingerprint density at radius 3 is 2.78 bits per heavy atom. The maximum Gasteiger partial charge on any atom is 0.335 e. The summed E-state index contributed by atoms with van der Waals surface area (Å²) in [6, 6.07) is 0. The zero-order chi connectivity index (χ0) is 13.3. The van der Waals surface area contributed by atoms with Crippen molar-refractivity contribution >= 4 is 33.1 Å². The third-order valence-corrected chi connectivity index (χ3v) is 2.94. The van der Waals surface area contributed by atoms with E-state index in [1.807, 2.05) is 0 Å². The van der Waals surface area contributed by atoms with E-state index in [-0.39, 0.29) is 6.54 Å². The van der Waals surface area contributed by atoms with E-state index in [2.05, 4.69) is 30.9 Å². The predicted molar refractivity (Wildman–Crippen MR) is 62.7 cm³/mol. The topological polar surface area (TPSA) is 121 Å². The molecule has 2 rings (SSSR count). The molecule has 2 atom stereocenters. The molecule has 0 aromatic carbocycles. The summed E-state index contributed by atoms with van der Waals surface area (Å²) in [5.74, 6) is -1.48. The van der Waals surface area contributed by atoms with Gasteiger partial charge in [-0.2, -0.15) is 0 Å². The first kappa shape index (κ1) is 12.9. The van der Waals surface area contributed by atoms with Gasteiger partial charge in [-0.05, 0) is 15.9 Å². The van der Waals surface area contributed by atoms with E-state index in [1.165, 1.54) is 17.2 Å². The first-order valence-corrected chi connectivity index (χ1v) is 5.70. The van der Waals surface area contributed by atoms with Gasteiger partial charge in [0.05, 0.1) is 12.9 Å². The fourth-order valence-corrected chi connectivity index (χ4v) is 1.82. The second-order valence-corrected chi connectivity index (χ2v) is 4.34. The summed E-state index contributed by atoms with van der Waals surface area (Å²) in [4.78, 5) is 22.4. The fraction of sp³-hybridized carbons (Fsp3) is 0.333. The number of aliphatic hydroxyl groups excluding tert-OH is 2. The van der Waals surface area contributed by atoms with Crippen LogP contribution in [0, 0.1) is 0 Å². The number of carboxylic acid groups (broad SMARTS) is 1. The van der Waals surface area contributed by atoms with Gasteiger partial charge in [0.15, 0.2) is 11.8 Å². The quantitative estimate of drug-likeness (QED) is 0.643. The molecule has 0 saturated heterocycles. The smallest absolute Gasteiger partial charge is 0.335 e. The second kappa shape index (κ2) is 4.96. The van der Waals surface area contributed by atoms with Crippen molar-refractivity contribution in [3.05, 3.63) is 17.3 Å². The number of imidazole rings is 1. The summed E-state index contributed by atoms with van der Waals surface area (Å²) in [5, 5.41) is 27.3. The number of hydrogen-bond acceptors (Lipinski definition) is 6. The van der Waals surface area contributed by atoms with Crippen molar-refractivity contribution in [2.24, 2.45) is 0 Å². The molecule has 0 amide bonds. The van der Waals surface area contributed by atoms with Gasteiger partial charge in [0, 0.05) is 0 Å². The van der Waals surface area contributed by atoms with Gasteiger partial charge >= 0.3 is 5.97 Å². The summed E-state index contributed by atoms with van der Waals surface area (Å²) in [6.07, 6.45) is -0.603. The standard InChI is InChI=1S/C9H9BrN4O4/c10-7-5-8(12-2-11-7)14(3-13-5)1-4(15)6(16)9(17)18/h2-4,6,15-16H,1H2,(H,17,18)/t4-,6-/m1/s1. The molecule has 0 unspecified atom stereocenters. The maximum atomic E-state index is 10.5. The summed E-state index contributed by atoms with van der Waals surface area (Å²) in [6.45, 7) is -0.132. The highest BCUT2D eigenvalue weighted by molar-refractivity contribution is 9.10. The fourth-order valence-electron chi connectivity index (χ4n) is 1.45. The molecule has 0 fully saturated rings. The van der Waals surface area contributed by atoms with Crippen LogP contribution in [0.1, 0.15) is 0 Å². The number of aliphatic carboxylic acids is 1. The lowest BCUT2D eigenvalue weighted by Crippen LogP contribution is -2.36. The molecule has 3 N–H and O–H groups in total. The molecule has 2 heterocycles. The van der Waals surface area contributed by atoms with Gasteiger partial charge in [-0.15, -0.1) is 0 Å². The number of hydrogen-bond donors (Lipinski definition) is 3. The summed E-state index contributed by atoms with van der Waals surface area (Å²) in [7, 11) is 0. The zero-order valence-electron chi connectivity index (χ0n) is 8.93. The highest BCUT2D eigenvalue weighted by Gasteiger charge is 2.24. The number of fused-ring (bicyclic) bond motifs is 1. The number of aromatic nitrogens is 4. The average Bonchev–Trinajstić information content (AvgIpc) is 2.73. The van der Waals surface area contributed by atoms with E-state index in [1.54, 1.807) is 0 Å². The molecule has 0 spiro atoms. The first-order chi connectivity index (χ1) is 8.50. The van der Waals surface area contributed by atoms with Gasteiger partial charge in [-0.1, -0.05) is 0 Å². The second-order valence-electron chi connectivity index (χ2n) is 3.58. The highest BCUT2D eigenvalue weighted by atomic mass is 79.9. The monoisotopic (exact) mass is 316 g/mol. The molecule has 8 nitrogen and oxygen atoms in total. The Labute approximate surface area is 109 Å². The molecule has 2 aromatic heterocycles. The van der Waals surface area contributed by atoms with Crippen LogP contribution in [-0.4, -0.2) is 53.0 Å². The number of aliphatic hydroxyl groups is 2. The molecule has 2 aromatic rings. The maximum absolute atomic E-state index is 10.5. The van der Waals surface area contributed by atoms with E-state index in [9.17, 15) is 15.0 Å². The van der Waals surface area contributed by atoms with E-state index >= 15 is 0 Å². The lowest BCUT2D eigenvalue weighted by Gasteiger charge is -2.14. The molecule has 18 heavy (non-hydrogen) atoms. The molecule has 0 aliphatic rings. The Balaban J connectivity index is 2.27. The minimum Gasteiger partial charge on any atom is -0.479 e. The van der Waals surface area contributed by atoms with Crippen LogP contribution in [0.5, 0.6) is 0 Å². The lowest BCUT2D eigenvalue weighted by molar-refractivity contribution is -0.153. The van der Waals surface area contributed by atoms with Gasteiger partial charge in [0.1, 0.15) is 22.6 Å². The zero-order valence-corrected chi connectivity index (χ0v) is 10.5. The first-order valence-electron chi connectivity index (χ1n) is 4.91. The Kier molecular flexibility index (Phi) is 3.55. The van der Waals surface area contributed by atoms with Crippen LogP contribution >= 0.6 is 15.9 Å². The summed E-state index contributed by atoms with van der Waals surface area (Å²) < 4.78 is 1.94.